The first-order valence-electron chi connectivity index (χ1n) is 12.5. The van der Waals surface area contributed by atoms with Crippen LogP contribution in [0.15, 0.2) is 36.4 Å². The zero-order valence-electron chi connectivity index (χ0n) is 20.3. The second-order valence-electron chi connectivity index (χ2n) is 9.90. The van der Waals surface area contributed by atoms with Crippen LogP contribution in [0.1, 0.15) is 47.7 Å². The summed E-state index contributed by atoms with van der Waals surface area (Å²) < 4.78 is 42.3. The summed E-state index contributed by atoms with van der Waals surface area (Å²) in [6, 6.07) is 9.68. The minimum atomic E-state index is -4.69. The van der Waals surface area contributed by atoms with E-state index >= 15 is 0 Å². The third-order valence-corrected chi connectivity index (χ3v) is 7.54. The van der Waals surface area contributed by atoms with Crippen molar-refractivity contribution in [2.24, 2.45) is 0 Å². The van der Waals surface area contributed by atoms with Crippen molar-refractivity contribution in [3.8, 4) is 11.1 Å². The maximum absolute atomic E-state index is 14.1. The Balaban J connectivity index is 1.38. The lowest BCUT2D eigenvalue weighted by atomic mass is 9.93. The predicted octanol–water partition coefficient (Wildman–Crippen LogP) is 3.95. The van der Waals surface area contributed by atoms with E-state index in [1.54, 1.807) is 6.07 Å². The van der Waals surface area contributed by atoms with Crippen LogP contribution in [0.25, 0.3) is 11.1 Å². The molecule has 0 aromatic heterocycles. The largest absolute Gasteiger partial charge is 0.417 e. The molecule has 1 N–H and O–H groups in total. The van der Waals surface area contributed by atoms with E-state index in [1.165, 1.54) is 15.9 Å². The fraction of sp³-hybridized carbons (Fsp3) is 0.481. The van der Waals surface area contributed by atoms with E-state index in [0.29, 0.717) is 24.0 Å². The van der Waals surface area contributed by atoms with Gasteiger partial charge in [0.05, 0.1) is 11.1 Å². The van der Waals surface area contributed by atoms with Gasteiger partial charge in [-0.3, -0.25) is 9.59 Å². The molecule has 0 unspecified atom stereocenters. The maximum Gasteiger partial charge on any atom is 0.417 e. The van der Waals surface area contributed by atoms with Crippen LogP contribution in [0.3, 0.4) is 0 Å². The molecule has 5 rings (SSSR count). The second kappa shape index (κ2) is 9.10. The number of nitrogens with zero attached hydrogens (tertiary/aromatic N) is 3. The van der Waals surface area contributed by atoms with Crippen molar-refractivity contribution in [3.63, 3.8) is 0 Å². The third kappa shape index (κ3) is 4.56. The highest BCUT2D eigenvalue weighted by atomic mass is 19.4. The zero-order chi connectivity index (χ0) is 25.7. The third-order valence-electron chi connectivity index (χ3n) is 7.54. The minimum absolute atomic E-state index is 0.123. The highest BCUT2D eigenvalue weighted by Gasteiger charge is 2.50. The van der Waals surface area contributed by atoms with Gasteiger partial charge in [-0.25, -0.2) is 0 Å². The first-order valence-corrected chi connectivity index (χ1v) is 12.5. The highest BCUT2D eigenvalue weighted by Crippen LogP contribution is 2.39. The van der Waals surface area contributed by atoms with Crippen LogP contribution in [0.4, 0.5) is 18.9 Å². The number of amides is 2. The van der Waals surface area contributed by atoms with E-state index in [4.69, 9.17) is 0 Å². The molecule has 36 heavy (non-hydrogen) atoms. The first-order chi connectivity index (χ1) is 17.1. The van der Waals surface area contributed by atoms with Gasteiger partial charge in [-0.1, -0.05) is 12.1 Å². The molecule has 9 heteroatoms. The molecule has 2 aliphatic heterocycles. The molecule has 0 bridgehead atoms. The number of hydrogen-bond donors (Lipinski definition) is 1. The summed E-state index contributed by atoms with van der Waals surface area (Å²) in [7, 11) is 0. The molecule has 6 nitrogen and oxygen atoms in total. The van der Waals surface area contributed by atoms with Gasteiger partial charge in [0.15, 0.2) is 0 Å². The van der Waals surface area contributed by atoms with Crippen LogP contribution >= 0.6 is 0 Å². The van der Waals surface area contributed by atoms with Crippen LogP contribution in [-0.4, -0.2) is 71.6 Å². The fourth-order valence-corrected chi connectivity index (χ4v) is 5.24. The number of aryl methyl sites for hydroxylation is 1. The smallest absolute Gasteiger partial charge is 0.380 e. The van der Waals surface area contributed by atoms with Gasteiger partial charge in [-0.2, -0.15) is 13.2 Å². The molecule has 192 valence electrons. The quantitative estimate of drug-likeness (QED) is 0.689. The number of rotatable bonds is 4. The van der Waals surface area contributed by atoms with Gasteiger partial charge in [0.1, 0.15) is 5.60 Å². The molecule has 2 fully saturated rings. The number of anilines is 1. The number of carbonyl (C=O) groups is 2. The normalized spacial score (nSPS) is 19.2. The van der Waals surface area contributed by atoms with E-state index < -0.39 is 23.2 Å². The molecule has 2 heterocycles. The molecule has 2 aromatic rings. The Morgan fingerprint density at radius 1 is 0.944 bits per heavy atom. The molecular weight excluding hydrogens is 471 g/mol. The molecule has 1 saturated heterocycles. The summed E-state index contributed by atoms with van der Waals surface area (Å²) in [4.78, 5) is 30.6. The molecule has 3 aliphatic rings. The van der Waals surface area contributed by atoms with Gasteiger partial charge in [-0.15, -0.1) is 0 Å². The molecule has 1 saturated carbocycles. The summed E-state index contributed by atoms with van der Waals surface area (Å²) >= 11 is 0. The summed E-state index contributed by atoms with van der Waals surface area (Å²) in [5.41, 5.74) is 0.728. The van der Waals surface area contributed by atoms with E-state index in [9.17, 15) is 27.9 Å². The lowest BCUT2D eigenvalue weighted by Crippen LogP contribution is -2.53. The monoisotopic (exact) mass is 501 g/mol. The number of piperazine rings is 1. The van der Waals surface area contributed by atoms with E-state index in [0.717, 1.165) is 43.2 Å². The molecule has 2 amide bonds. The first kappa shape index (κ1) is 24.6. The van der Waals surface area contributed by atoms with Crippen molar-refractivity contribution in [2.75, 3.05) is 44.2 Å². The highest BCUT2D eigenvalue weighted by molar-refractivity contribution is 5.97. The summed E-state index contributed by atoms with van der Waals surface area (Å²) in [6.45, 7) is 4.57. The molecule has 0 atom stereocenters. The number of halogens is 3. The molecule has 0 radical (unpaired) electrons. The van der Waals surface area contributed by atoms with E-state index in [-0.39, 0.29) is 37.6 Å². The zero-order valence-corrected chi connectivity index (χ0v) is 20.3. The van der Waals surface area contributed by atoms with Crippen molar-refractivity contribution in [2.45, 2.75) is 44.4 Å². The Hall–Kier alpha value is -3.07. The summed E-state index contributed by atoms with van der Waals surface area (Å²) in [6.07, 6.45) is -1.96. The van der Waals surface area contributed by atoms with Gasteiger partial charge in [-0.05, 0) is 73.6 Å². The van der Waals surface area contributed by atoms with Crippen molar-refractivity contribution in [1.29, 1.82) is 0 Å². The molecule has 0 spiro atoms. The fourth-order valence-electron chi connectivity index (χ4n) is 5.24. The number of hydrogen-bond acceptors (Lipinski definition) is 4. The Kier molecular flexibility index (Phi) is 6.22. The van der Waals surface area contributed by atoms with Gasteiger partial charge >= 0.3 is 6.18 Å². The Labute approximate surface area is 208 Å². The van der Waals surface area contributed by atoms with Gasteiger partial charge < -0.3 is 19.8 Å². The predicted molar refractivity (Wildman–Crippen MR) is 130 cm³/mol. The van der Waals surface area contributed by atoms with Crippen LogP contribution in [-0.2, 0) is 17.4 Å². The summed E-state index contributed by atoms with van der Waals surface area (Å²) in [5.74, 6) is -1.06. The standard InChI is InChI=1S/C27H30F3N3O3/c1-2-31-11-3-4-20-16-18(6-8-23(20)31)19-5-7-21(22(17-19)27(28,29)30)24(34)32-12-14-33(15-13-32)25(35)26(36)9-10-26/h5-8,16-17,36H,2-4,9-15H2,1H3. The van der Waals surface area contributed by atoms with Crippen molar-refractivity contribution in [1.82, 2.24) is 9.80 Å². The Morgan fingerprint density at radius 2 is 1.58 bits per heavy atom. The molecule has 2 aromatic carbocycles. The number of alkyl halides is 3. The van der Waals surface area contributed by atoms with Crippen LogP contribution in [0, 0.1) is 0 Å². The number of benzene rings is 2. The number of fused-ring (bicyclic) bond motifs is 1. The molecular formula is C27H30F3N3O3. The second-order valence-corrected chi connectivity index (χ2v) is 9.90. The maximum atomic E-state index is 14.1. The average molecular weight is 502 g/mol. The van der Waals surface area contributed by atoms with Crippen LogP contribution in [0.5, 0.6) is 0 Å². The topological polar surface area (TPSA) is 64.1 Å². The van der Waals surface area contributed by atoms with Crippen molar-refractivity contribution < 1.29 is 27.9 Å². The number of carbonyl (C=O) groups excluding carboxylic acids is 2. The SMILES string of the molecule is CCN1CCCc2cc(-c3ccc(C(=O)N4CCN(C(=O)C5(O)CC5)CC4)c(C(F)(F)F)c3)ccc21. The average Bonchev–Trinajstić information content (AvgIpc) is 3.64. The van der Waals surface area contributed by atoms with E-state index in [2.05, 4.69) is 11.8 Å². The van der Waals surface area contributed by atoms with Crippen molar-refractivity contribution in [3.05, 3.63) is 53.1 Å². The van der Waals surface area contributed by atoms with Gasteiger partial charge in [0.2, 0.25) is 0 Å². The van der Waals surface area contributed by atoms with Crippen LogP contribution in [0.2, 0.25) is 0 Å². The van der Waals surface area contributed by atoms with E-state index in [1.807, 2.05) is 18.2 Å². The lowest BCUT2D eigenvalue weighted by molar-refractivity contribution is -0.143. The van der Waals surface area contributed by atoms with Crippen molar-refractivity contribution >= 4 is 17.5 Å². The Morgan fingerprint density at radius 3 is 2.22 bits per heavy atom. The summed E-state index contributed by atoms with van der Waals surface area (Å²) in [5, 5.41) is 10.0. The molecule has 1 aliphatic carbocycles. The van der Waals surface area contributed by atoms with Gasteiger partial charge in [0.25, 0.3) is 11.8 Å². The van der Waals surface area contributed by atoms with Crippen LogP contribution < -0.4 is 4.90 Å². The number of aliphatic hydroxyl groups is 1. The Bertz CT molecular complexity index is 1180. The minimum Gasteiger partial charge on any atom is -0.380 e. The lowest BCUT2D eigenvalue weighted by Gasteiger charge is -2.36. The van der Waals surface area contributed by atoms with Gasteiger partial charge in [0, 0.05) is 45.0 Å².